The Balaban J connectivity index is 1.66. The van der Waals surface area contributed by atoms with Crippen molar-refractivity contribution >= 4 is 12.2 Å². The molecule has 0 radical (unpaired) electrons. The minimum absolute atomic E-state index is 0.520. The van der Waals surface area contributed by atoms with Crippen LogP contribution in [0, 0.1) is 11.7 Å². The van der Waals surface area contributed by atoms with Gasteiger partial charge in [-0.3, -0.25) is 4.57 Å². The normalized spacial score (nSPS) is 11.9. The van der Waals surface area contributed by atoms with Crippen LogP contribution in [0.2, 0.25) is 0 Å². The van der Waals surface area contributed by atoms with Crippen molar-refractivity contribution in [3.63, 3.8) is 0 Å². The third-order valence-electron chi connectivity index (χ3n) is 4.33. The summed E-state index contributed by atoms with van der Waals surface area (Å²) >= 11 is 5.63. The van der Waals surface area contributed by atoms with Crippen molar-refractivity contribution in [2.45, 2.75) is 20.1 Å². The number of para-hydroxylation sites is 1. The molecule has 1 unspecified atom stereocenters. The number of hydrogen-bond donors (Lipinski definition) is 1. The van der Waals surface area contributed by atoms with Gasteiger partial charge in [0.05, 0.1) is 12.7 Å². The summed E-state index contributed by atoms with van der Waals surface area (Å²) in [6, 6.07) is 16.3. The molecule has 140 valence electrons. The maximum atomic E-state index is 5.63. The van der Waals surface area contributed by atoms with Gasteiger partial charge in [0.15, 0.2) is 6.67 Å². The number of aromatic nitrogens is 3. The standard InChI is InChI=1S/C21H24N4OS/c1-4-13-26-19-11-9-18(10-12-19)14-23(3)16-25-21(27)24(15-22-25)20-8-6-5-7-17(20)2/h4-12,15H,1,13-14,16H2,2-3H3/p+1. The molecule has 1 aromatic heterocycles. The van der Waals surface area contributed by atoms with Crippen LogP contribution in [0.1, 0.15) is 11.1 Å². The van der Waals surface area contributed by atoms with Crippen molar-refractivity contribution in [2.24, 2.45) is 0 Å². The molecule has 0 aliphatic rings. The van der Waals surface area contributed by atoms with Gasteiger partial charge in [0.2, 0.25) is 4.77 Å². The Morgan fingerprint density at radius 1 is 1.19 bits per heavy atom. The lowest BCUT2D eigenvalue weighted by molar-refractivity contribution is -0.917. The number of ether oxygens (including phenoxy) is 1. The molecule has 0 bridgehead atoms. The number of hydrogen-bond acceptors (Lipinski definition) is 3. The van der Waals surface area contributed by atoms with Crippen LogP contribution in [0.15, 0.2) is 67.5 Å². The SMILES string of the molecule is C=CCOc1ccc(C[NH+](C)Cn2ncn(-c3ccccc3C)c2=S)cc1. The van der Waals surface area contributed by atoms with E-state index in [0.717, 1.165) is 18.0 Å². The highest BCUT2D eigenvalue weighted by molar-refractivity contribution is 7.71. The number of aryl methyl sites for hydroxylation is 1. The van der Waals surface area contributed by atoms with Crippen LogP contribution in [-0.2, 0) is 13.2 Å². The fraction of sp³-hybridized carbons (Fsp3) is 0.238. The summed E-state index contributed by atoms with van der Waals surface area (Å²) in [5.41, 5.74) is 3.48. The lowest BCUT2D eigenvalue weighted by Crippen LogP contribution is -3.07. The van der Waals surface area contributed by atoms with Crippen LogP contribution < -0.4 is 9.64 Å². The van der Waals surface area contributed by atoms with Gasteiger partial charge in [-0.25, -0.2) is 0 Å². The molecule has 1 heterocycles. The van der Waals surface area contributed by atoms with E-state index in [4.69, 9.17) is 17.0 Å². The van der Waals surface area contributed by atoms with Crippen molar-refractivity contribution in [2.75, 3.05) is 13.7 Å². The van der Waals surface area contributed by atoms with Gasteiger partial charge in [0, 0.05) is 5.56 Å². The van der Waals surface area contributed by atoms with E-state index in [-0.39, 0.29) is 0 Å². The molecule has 0 fully saturated rings. The van der Waals surface area contributed by atoms with Crippen molar-refractivity contribution < 1.29 is 9.64 Å². The van der Waals surface area contributed by atoms with Gasteiger partial charge in [-0.15, -0.1) is 0 Å². The van der Waals surface area contributed by atoms with Gasteiger partial charge >= 0.3 is 0 Å². The Labute approximate surface area is 165 Å². The molecular formula is C21H25N4OS+. The van der Waals surface area contributed by atoms with Gasteiger partial charge in [-0.05, 0) is 55.0 Å². The summed E-state index contributed by atoms with van der Waals surface area (Å²) in [6.45, 7) is 7.83. The molecule has 0 amide bonds. The minimum atomic E-state index is 0.520. The Hall–Kier alpha value is -2.70. The molecule has 0 saturated carbocycles. The Kier molecular flexibility index (Phi) is 6.21. The number of benzene rings is 2. The first kappa shape index (κ1) is 19.1. The van der Waals surface area contributed by atoms with E-state index in [1.165, 1.54) is 16.0 Å². The fourth-order valence-corrected chi connectivity index (χ4v) is 3.22. The molecule has 6 heteroatoms. The molecule has 3 aromatic rings. The van der Waals surface area contributed by atoms with E-state index in [9.17, 15) is 0 Å². The third kappa shape index (κ3) is 4.72. The average molecular weight is 382 g/mol. The van der Waals surface area contributed by atoms with Gasteiger partial charge in [0.25, 0.3) is 0 Å². The Morgan fingerprint density at radius 2 is 1.93 bits per heavy atom. The maximum Gasteiger partial charge on any atom is 0.207 e. The zero-order valence-electron chi connectivity index (χ0n) is 15.8. The zero-order chi connectivity index (χ0) is 19.2. The van der Waals surface area contributed by atoms with Gasteiger partial charge in [-0.1, -0.05) is 30.9 Å². The Bertz CT molecular complexity index is 959. The van der Waals surface area contributed by atoms with Crippen molar-refractivity contribution in [3.05, 3.63) is 83.4 Å². The predicted molar refractivity (Wildman–Crippen MR) is 110 cm³/mol. The van der Waals surface area contributed by atoms with Crippen LogP contribution >= 0.6 is 12.2 Å². The summed E-state index contributed by atoms with van der Waals surface area (Å²) in [6.07, 6.45) is 3.54. The molecule has 0 saturated heterocycles. The third-order valence-corrected chi connectivity index (χ3v) is 4.73. The summed E-state index contributed by atoms with van der Waals surface area (Å²) in [5.74, 6) is 0.857. The lowest BCUT2D eigenvalue weighted by atomic mass is 10.2. The van der Waals surface area contributed by atoms with Crippen molar-refractivity contribution in [1.82, 2.24) is 14.3 Å². The second kappa shape index (κ2) is 8.79. The second-order valence-corrected chi connectivity index (χ2v) is 6.97. The quantitative estimate of drug-likeness (QED) is 0.481. The van der Waals surface area contributed by atoms with Gasteiger partial charge < -0.3 is 9.64 Å². The number of nitrogens with one attached hydrogen (secondary N) is 1. The molecule has 2 aromatic carbocycles. The van der Waals surface area contributed by atoms with E-state index in [1.54, 1.807) is 12.4 Å². The van der Waals surface area contributed by atoms with Crippen LogP contribution in [0.25, 0.3) is 5.69 Å². The van der Waals surface area contributed by atoms with Crippen LogP contribution in [-0.4, -0.2) is 28.0 Å². The highest BCUT2D eigenvalue weighted by Gasteiger charge is 2.10. The number of nitrogens with zero attached hydrogens (tertiary/aromatic N) is 3. The molecule has 1 atom stereocenters. The molecule has 0 aliphatic carbocycles. The summed E-state index contributed by atoms with van der Waals surface area (Å²) < 4.78 is 10.1. The highest BCUT2D eigenvalue weighted by Crippen LogP contribution is 2.14. The van der Waals surface area contributed by atoms with Crippen molar-refractivity contribution in [3.8, 4) is 11.4 Å². The zero-order valence-corrected chi connectivity index (χ0v) is 16.6. The van der Waals surface area contributed by atoms with Crippen LogP contribution in [0.4, 0.5) is 0 Å². The molecule has 3 rings (SSSR count). The predicted octanol–water partition coefficient (Wildman–Crippen LogP) is 2.95. The molecule has 5 nitrogen and oxygen atoms in total. The first-order valence-corrected chi connectivity index (χ1v) is 9.33. The monoisotopic (exact) mass is 381 g/mol. The molecular weight excluding hydrogens is 356 g/mol. The minimum Gasteiger partial charge on any atom is -0.490 e. The lowest BCUT2D eigenvalue weighted by Gasteiger charge is -2.14. The fourth-order valence-electron chi connectivity index (χ4n) is 2.96. The van der Waals surface area contributed by atoms with Gasteiger partial charge in [0.1, 0.15) is 25.2 Å². The first-order valence-electron chi connectivity index (χ1n) is 8.93. The second-order valence-electron chi connectivity index (χ2n) is 6.61. The molecule has 0 aliphatic heterocycles. The van der Waals surface area contributed by atoms with Crippen molar-refractivity contribution in [1.29, 1.82) is 0 Å². The first-order chi connectivity index (χ1) is 13.1. The van der Waals surface area contributed by atoms with E-state index in [0.29, 0.717) is 18.0 Å². The molecule has 27 heavy (non-hydrogen) atoms. The van der Waals surface area contributed by atoms with E-state index >= 15 is 0 Å². The smallest absolute Gasteiger partial charge is 0.207 e. The highest BCUT2D eigenvalue weighted by atomic mass is 32.1. The summed E-state index contributed by atoms with van der Waals surface area (Å²) in [4.78, 5) is 1.29. The molecule has 1 N–H and O–H groups in total. The average Bonchev–Trinajstić information content (AvgIpc) is 3.02. The van der Waals surface area contributed by atoms with Crippen LogP contribution in [0.5, 0.6) is 5.75 Å². The van der Waals surface area contributed by atoms with E-state index < -0.39 is 0 Å². The molecule has 0 spiro atoms. The number of quaternary nitrogens is 1. The topological polar surface area (TPSA) is 36.4 Å². The number of rotatable bonds is 8. The largest absolute Gasteiger partial charge is 0.490 e. The van der Waals surface area contributed by atoms with Gasteiger partial charge in [-0.2, -0.15) is 9.78 Å². The Morgan fingerprint density at radius 3 is 2.63 bits per heavy atom. The van der Waals surface area contributed by atoms with E-state index in [1.807, 2.05) is 33.5 Å². The van der Waals surface area contributed by atoms with E-state index in [2.05, 4.69) is 49.9 Å². The van der Waals surface area contributed by atoms with Crippen LogP contribution in [0.3, 0.4) is 0 Å². The summed E-state index contributed by atoms with van der Waals surface area (Å²) in [7, 11) is 2.14. The summed E-state index contributed by atoms with van der Waals surface area (Å²) in [5, 5.41) is 4.49. The maximum absolute atomic E-state index is 5.63.